The summed E-state index contributed by atoms with van der Waals surface area (Å²) in [5.41, 5.74) is 0. The SMILES string of the molecule is CCCCCCCCCCCCCCC[C-](O)O.O=P(O)(O)O.[Na+]. The first-order chi connectivity index (χ1) is 10.8. The van der Waals surface area contributed by atoms with Crippen molar-refractivity contribution < 1.29 is 59.0 Å². The molecule has 0 atom stereocenters. The minimum atomic E-state index is -4.64. The topological polar surface area (TPSA) is 118 Å². The van der Waals surface area contributed by atoms with Gasteiger partial charge in [-0.3, -0.25) is 0 Å². The van der Waals surface area contributed by atoms with E-state index in [1.54, 1.807) is 0 Å². The number of rotatable bonds is 14. The molecule has 0 saturated carbocycles. The van der Waals surface area contributed by atoms with E-state index >= 15 is 0 Å². The van der Waals surface area contributed by atoms with E-state index < -0.39 is 14.1 Å². The fraction of sp³-hybridized carbons (Fsp3) is 0.938. The maximum Gasteiger partial charge on any atom is 1.00 e. The van der Waals surface area contributed by atoms with E-state index in [0.29, 0.717) is 6.42 Å². The van der Waals surface area contributed by atoms with Gasteiger partial charge in [-0.05, 0) is 0 Å². The number of aliphatic hydroxyl groups excluding tert-OH is 1. The van der Waals surface area contributed by atoms with E-state index in [9.17, 15) is 0 Å². The zero-order valence-corrected chi connectivity index (χ0v) is 18.4. The molecule has 0 aromatic carbocycles. The summed E-state index contributed by atoms with van der Waals surface area (Å²) in [7, 11) is -4.64. The molecule has 5 N–H and O–H groups in total. The van der Waals surface area contributed by atoms with Gasteiger partial charge in [0.15, 0.2) is 0 Å². The van der Waals surface area contributed by atoms with E-state index in [-0.39, 0.29) is 29.6 Å². The van der Waals surface area contributed by atoms with Gasteiger partial charge in [-0.2, -0.15) is 0 Å². The van der Waals surface area contributed by atoms with Gasteiger partial charge in [0.1, 0.15) is 0 Å². The molecule has 0 aromatic rings. The molecule has 0 aliphatic rings. The second kappa shape index (κ2) is 22.1. The Morgan fingerprint density at radius 2 is 0.917 bits per heavy atom. The first-order valence-electron chi connectivity index (χ1n) is 8.79. The fourth-order valence-corrected chi connectivity index (χ4v) is 2.30. The smallest absolute Gasteiger partial charge is 0.536 e. The maximum atomic E-state index is 8.88. The summed E-state index contributed by atoms with van der Waals surface area (Å²) in [6.07, 6.45) is 17.2. The van der Waals surface area contributed by atoms with Crippen molar-refractivity contribution in [3.8, 4) is 0 Å². The Kier molecular flexibility index (Phi) is 27.4. The van der Waals surface area contributed by atoms with Crippen LogP contribution < -0.4 is 29.6 Å². The van der Waals surface area contributed by atoms with Crippen LogP contribution in [0.3, 0.4) is 0 Å². The van der Waals surface area contributed by atoms with E-state index in [2.05, 4.69) is 6.92 Å². The Morgan fingerprint density at radius 3 is 1.17 bits per heavy atom. The van der Waals surface area contributed by atoms with Crippen LogP contribution in [-0.4, -0.2) is 24.9 Å². The van der Waals surface area contributed by atoms with Gasteiger partial charge in [0, 0.05) is 0 Å². The van der Waals surface area contributed by atoms with Crippen LogP contribution in [0.1, 0.15) is 96.8 Å². The van der Waals surface area contributed by atoms with Crippen LogP contribution in [0.4, 0.5) is 0 Å². The molecule has 0 fully saturated rings. The summed E-state index contributed by atoms with van der Waals surface area (Å²) < 4.78 is 8.88. The monoisotopic (exact) mass is 378 g/mol. The Morgan fingerprint density at radius 1 is 0.667 bits per heavy atom. The van der Waals surface area contributed by atoms with Crippen LogP contribution >= 0.6 is 7.82 Å². The third-order valence-corrected chi connectivity index (χ3v) is 3.50. The third kappa shape index (κ3) is 43.5. The van der Waals surface area contributed by atoms with Crippen molar-refractivity contribution in [3.63, 3.8) is 0 Å². The summed E-state index contributed by atoms with van der Waals surface area (Å²) in [5.74, 6) is 0. The summed E-state index contributed by atoms with van der Waals surface area (Å²) in [6, 6.07) is 0. The number of hydrogen-bond donors (Lipinski definition) is 5. The van der Waals surface area contributed by atoms with Gasteiger partial charge in [0.25, 0.3) is 0 Å². The molecule has 0 radical (unpaired) electrons. The zero-order chi connectivity index (χ0) is 18.0. The second-order valence-corrected chi connectivity index (χ2v) is 6.95. The van der Waals surface area contributed by atoms with E-state index in [1.165, 1.54) is 70.6 Å². The van der Waals surface area contributed by atoms with Crippen LogP contribution in [0, 0.1) is 6.29 Å². The Labute approximate surface area is 169 Å². The van der Waals surface area contributed by atoms with Crippen molar-refractivity contribution in [2.75, 3.05) is 0 Å². The Bertz CT molecular complexity index is 265. The minimum absolute atomic E-state index is 0. The fourth-order valence-electron chi connectivity index (χ4n) is 2.30. The number of aliphatic hydroxyl groups is 2. The van der Waals surface area contributed by atoms with Gasteiger partial charge >= 0.3 is 37.4 Å². The van der Waals surface area contributed by atoms with Gasteiger partial charge in [-0.25, -0.2) is 4.57 Å². The van der Waals surface area contributed by atoms with Crippen molar-refractivity contribution >= 4 is 7.82 Å². The number of phosphoric acid groups is 1. The van der Waals surface area contributed by atoms with Crippen molar-refractivity contribution in [2.45, 2.75) is 96.8 Å². The molecular formula is C16H36NaO6P. The molecule has 0 bridgehead atoms. The van der Waals surface area contributed by atoms with Gasteiger partial charge in [0.2, 0.25) is 0 Å². The van der Waals surface area contributed by atoms with Crippen LogP contribution in [0.2, 0.25) is 0 Å². The summed E-state index contributed by atoms with van der Waals surface area (Å²) in [5, 5.41) is 17.2. The van der Waals surface area contributed by atoms with Crippen LogP contribution in [0.5, 0.6) is 0 Å². The standard InChI is InChI=1S/C16H33O2.Na.H3O4P/c1-2-3-4-5-6-7-8-9-10-11-12-13-14-15-16(17)18;;1-5(2,3)4/h17-18H,2-15H2,1H3;;(H3,1,2,3,4)/q-1;+1;. The molecule has 0 heterocycles. The van der Waals surface area contributed by atoms with Crippen LogP contribution in [0.15, 0.2) is 0 Å². The largest absolute Gasteiger partial charge is 1.00 e. The van der Waals surface area contributed by atoms with Gasteiger partial charge in [-0.1, -0.05) is 96.7 Å². The van der Waals surface area contributed by atoms with E-state index in [4.69, 9.17) is 29.5 Å². The average molecular weight is 378 g/mol. The van der Waals surface area contributed by atoms with Gasteiger partial charge < -0.3 is 24.9 Å². The normalized spacial score (nSPS) is 11.0. The molecule has 6 nitrogen and oxygen atoms in total. The molecule has 24 heavy (non-hydrogen) atoms. The third-order valence-electron chi connectivity index (χ3n) is 3.50. The summed E-state index contributed by atoms with van der Waals surface area (Å²) in [6.45, 7) is 2.26. The van der Waals surface area contributed by atoms with Crippen molar-refractivity contribution in [1.82, 2.24) is 0 Å². The van der Waals surface area contributed by atoms with Gasteiger partial charge in [0.05, 0.1) is 0 Å². The molecular weight excluding hydrogens is 342 g/mol. The molecule has 0 rings (SSSR count). The van der Waals surface area contributed by atoms with Gasteiger partial charge in [-0.15, -0.1) is 6.42 Å². The van der Waals surface area contributed by atoms with Crippen molar-refractivity contribution in [1.29, 1.82) is 0 Å². The molecule has 0 spiro atoms. The molecule has 0 aliphatic heterocycles. The molecule has 0 amide bonds. The molecule has 0 aliphatic carbocycles. The molecule has 0 saturated heterocycles. The first kappa shape index (κ1) is 29.8. The zero-order valence-electron chi connectivity index (χ0n) is 15.5. The van der Waals surface area contributed by atoms with E-state index in [0.717, 1.165) is 12.8 Å². The Balaban J connectivity index is -0.000000639. The van der Waals surface area contributed by atoms with Crippen molar-refractivity contribution in [2.24, 2.45) is 0 Å². The maximum absolute atomic E-state index is 8.88. The summed E-state index contributed by atoms with van der Waals surface area (Å²) in [4.78, 5) is 21.6. The Hall–Kier alpha value is 1.03. The summed E-state index contributed by atoms with van der Waals surface area (Å²) >= 11 is 0. The molecule has 142 valence electrons. The predicted molar refractivity (Wildman–Crippen MR) is 91.7 cm³/mol. The van der Waals surface area contributed by atoms with Crippen LogP contribution in [0.25, 0.3) is 0 Å². The van der Waals surface area contributed by atoms with Crippen LogP contribution in [-0.2, 0) is 4.57 Å². The van der Waals surface area contributed by atoms with Crippen molar-refractivity contribution in [3.05, 3.63) is 6.29 Å². The quantitative estimate of drug-likeness (QED) is 0.136. The number of unbranched alkanes of at least 4 members (excludes halogenated alkanes) is 12. The molecule has 8 heteroatoms. The molecule has 0 unspecified atom stereocenters. The first-order valence-corrected chi connectivity index (χ1v) is 10.4. The molecule has 0 aromatic heterocycles. The predicted octanol–water partition coefficient (Wildman–Crippen LogP) is 1.78. The average Bonchev–Trinajstić information content (AvgIpc) is 2.42. The van der Waals surface area contributed by atoms with E-state index in [1.807, 2.05) is 0 Å². The minimum Gasteiger partial charge on any atom is -0.536 e. The second-order valence-electron chi connectivity index (χ2n) is 5.92. The number of hydrogen-bond acceptors (Lipinski definition) is 3.